The molecule has 1 aromatic carbocycles. The van der Waals surface area contributed by atoms with E-state index >= 15 is 0 Å². The van der Waals surface area contributed by atoms with Crippen molar-refractivity contribution < 1.29 is 4.79 Å². The Labute approximate surface area is 119 Å². The second-order valence-corrected chi connectivity index (χ2v) is 5.21. The molecular weight excluding hydrogens is 252 g/mol. The van der Waals surface area contributed by atoms with E-state index in [9.17, 15) is 4.79 Å². The molecule has 2 rings (SSSR count). The first-order chi connectivity index (χ1) is 9.63. The van der Waals surface area contributed by atoms with Crippen LogP contribution in [0.5, 0.6) is 0 Å². The van der Waals surface area contributed by atoms with Gasteiger partial charge in [0.2, 0.25) is 0 Å². The van der Waals surface area contributed by atoms with Gasteiger partial charge in [-0.1, -0.05) is 25.1 Å². The van der Waals surface area contributed by atoms with E-state index in [0.717, 1.165) is 37.0 Å². The number of aromatic nitrogens is 2. The van der Waals surface area contributed by atoms with Crippen LogP contribution in [0.15, 0.2) is 24.3 Å². The highest BCUT2D eigenvalue weighted by Crippen LogP contribution is 2.17. The van der Waals surface area contributed by atoms with E-state index in [-0.39, 0.29) is 5.91 Å². The number of carbonyl (C=O) groups is 1. The number of para-hydroxylation sites is 1. The number of likely N-dealkylation sites (N-methyl/N-ethyl adjacent to an activating group) is 1. The Morgan fingerprint density at radius 3 is 2.65 bits per heavy atom. The van der Waals surface area contributed by atoms with Gasteiger partial charge in [0.25, 0.3) is 5.91 Å². The molecule has 1 heterocycles. The number of nitrogens with one attached hydrogen (secondary N) is 1. The van der Waals surface area contributed by atoms with Gasteiger partial charge in [-0.05, 0) is 26.6 Å². The van der Waals surface area contributed by atoms with Gasteiger partial charge in [-0.2, -0.15) is 5.10 Å². The third kappa shape index (κ3) is 3.17. The summed E-state index contributed by atoms with van der Waals surface area (Å²) in [6.45, 7) is 4.42. The van der Waals surface area contributed by atoms with Gasteiger partial charge in [0, 0.05) is 25.0 Å². The van der Waals surface area contributed by atoms with Crippen LogP contribution in [-0.2, 0) is 0 Å². The standard InChI is InChI=1S/C15H22N4O/c1-4-9-19(11-10-18(2)3)15(20)14-12-7-5-6-8-13(12)16-17-14/h5-8H,4,9-11H2,1-3H3,(H,16,17). The Kier molecular flexibility index (Phi) is 4.74. The van der Waals surface area contributed by atoms with Crippen LogP contribution in [0.3, 0.4) is 0 Å². The van der Waals surface area contributed by atoms with Gasteiger partial charge in [-0.3, -0.25) is 9.89 Å². The molecule has 1 amide bonds. The number of nitrogens with zero attached hydrogens (tertiary/aromatic N) is 3. The fourth-order valence-corrected chi connectivity index (χ4v) is 2.18. The van der Waals surface area contributed by atoms with Crippen molar-refractivity contribution >= 4 is 16.8 Å². The molecule has 0 bridgehead atoms. The highest BCUT2D eigenvalue weighted by Gasteiger charge is 2.20. The molecule has 0 spiro atoms. The summed E-state index contributed by atoms with van der Waals surface area (Å²) in [5, 5.41) is 8.01. The van der Waals surface area contributed by atoms with Gasteiger partial charge >= 0.3 is 0 Å². The zero-order valence-corrected chi connectivity index (χ0v) is 12.4. The molecule has 0 unspecified atom stereocenters. The predicted octanol–water partition coefficient (Wildman–Crippen LogP) is 1.98. The van der Waals surface area contributed by atoms with Gasteiger partial charge in [-0.15, -0.1) is 0 Å². The van der Waals surface area contributed by atoms with E-state index in [1.165, 1.54) is 0 Å². The molecule has 2 aromatic rings. The second-order valence-electron chi connectivity index (χ2n) is 5.21. The molecule has 0 radical (unpaired) electrons. The third-order valence-electron chi connectivity index (χ3n) is 3.27. The van der Waals surface area contributed by atoms with Gasteiger partial charge in [0.15, 0.2) is 5.69 Å². The van der Waals surface area contributed by atoms with Gasteiger partial charge in [-0.25, -0.2) is 0 Å². The molecule has 1 N–H and O–H groups in total. The largest absolute Gasteiger partial charge is 0.336 e. The van der Waals surface area contributed by atoms with Crippen molar-refractivity contribution in [2.24, 2.45) is 0 Å². The molecule has 0 aliphatic carbocycles. The summed E-state index contributed by atoms with van der Waals surface area (Å²) >= 11 is 0. The minimum atomic E-state index is 0.00569. The van der Waals surface area contributed by atoms with Crippen molar-refractivity contribution in [1.29, 1.82) is 0 Å². The lowest BCUT2D eigenvalue weighted by molar-refractivity contribution is 0.0741. The van der Waals surface area contributed by atoms with Gasteiger partial charge in [0.05, 0.1) is 5.52 Å². The van der Waals surface area contributed by atoms with Gasteiger partial charge in [0.1, 0.15) is 0 Å². The number of fused-ring (bicyclic) bond motifs is 1. The Morgan fingerprint density at radius 1 is 1.20 bits per heavy atom. The molecule has 5 nitrogen and oxygen atoms in total. The molecule has 0 saturated heterocycles. The fourth-order valence-electron chi connectivity index (χ4n) is 2.18. The number of amides is 1. The number of H-pyrrole nitrogens is 1. The molecular formula is C15H22N4O. The SMILES string of the molecule is CCCN(CCN(C)C)C(=O)c1n[nH]c2ccccc12. The maximum Gasteiger partial charge on any atom is 0.275 e. The Morgan fingerprint density at radius 2 is 1.95 bits per heavy atom. The van der Waals surface area contributed by atoms with Crippen molar-refractivity contribution in [2.75, 3.05) is 33.7 Å². The summed E-state index contributed by atoms with van der Waals surface area (Å²) in [4.78, 5) is 16.6. The smallest absolute Gasteiger partial charge is 0.275 e. The summed E-state index contributed by atoms with van der Waals surface area (Å²) in [6, 6.07) is 7.73. The number of aromatic amines is 1. The molecule has 0 atom stereocenters. The summed E-state index contributed by atoms with van der Waals surface area (Å²) in [5.74, 6) is 0.00569. The zero-order chi connectivity index (χ0) is 14.5. The van der Waals surface area contributed by atoms with Crippen LogP contribution < -0.4 is 0 Å². The minimum Gasteiger partial charge on any atom is -0.336 e. The molecule has 0 saturated carbocycles. The summed E-state index contributed by atoms with van der Waals surface area (Å²) in [6.07, 6.45) is 0.946. The quantitative estimate of drug-likeness (QED) is 0.876. The van der Waals surface area contributed by atoms with Crippen molar-refractivity contribution in [3.05, 3.63) is 30.0 Å². The van der Waals surface area contributed by atoms with Crippen LogP contribution >= 0.6 is 0 Å². The lowest BCUT2D eigenvalue weighted by Gasteiger charge is -2.23. The monoisotopic (exact) mass is 274 g/mol. The lowest BCUT2D eigenvalue weighted by atomic mass is 10.2. The average Bonchev–Trinajstić information content (AvgIpc) is 2.86. The van der Waals surface area contributed by atoms with E-state index in [4.69, 9.17) is 0 Å². The van der Waals surface area contributed by atoms with Crippen molar-refractivity contribution in [3.63, 3.8) is 0 Å². The highest BCUT2D eigenvalue weighted by atomic mass is 16.2. The number of carbonyl (C=O) groups excluding carboxylic acids is 1. The van der Waals surface area contributed by atoms with Crippen molar-refractivity contribution in [3.8, 4) is 0 Å². The van der Waals surface area contributed by atoms with Crippen molar-refractivity contribution in [2.45, 2.75) is 13.3 Å². The van der Waals surface area contributed by atoms with Gasteiger partial charge < -0.3 is 9.80 Å². The number of benzene rings is 1. The average molecular weight is 274 g/mol. The van der Waals surface area contributed by atoms with E-state index in [1.807, 2.05) is 43.3 Å². The molecule has 0 aliphatic heterocycles. The van der Waals surface area contributed by atoms with Crippen LogP contribution in [0.25, 0.3) is 10.9 Å². The first kappa shape index (κ1) is 14.5. The van der Waals surface area contributed by atoms with E-state index in [2.05, 4.69) is 22.0 Å². The molecule has 20 heavy (non-hydrogen) atoms. The first-order valence-corrected chi connectivity index (χ1v) is 7.00. The zero-order valence-electron chi connectivity index (χ0n) is 12.4. The molecule has 5 heteroatoms. The molecule has 1 aromatic heterocycles. The summed E-state index contributed by atoms with van der Waals surface area (Å²) in [7, 11) is 4.02. The number of rotatable bonds is 6. The second kappa shape index (κ2) is 6.52. The van der Waals surface area contributed by atoms with E-state index < -0.39 is 0 Å². The molecule has 0 fully saturated rings. The Bertz CT molecular complexity index is 576. The van der Waals surface area contributed by atoms with Crippen LogP contribution in [0.4, 0.5) is 0 Å². The normalized spacial score (nSPS) is 11.2. The van der Waals surface area contributed by atoms with E-state index in [1.54, 1.807) is 0 Å². The van der Waals surface area contributed by atoms with Crippen LogP contribution in [0, 0.1) is 0 Å². The Balaban J connectivity index is 2.22. The van der Waals surface area contributed by atoms with Crippen molar-refractivity contribution in [1.82, 2.24) is 20.0 Å². The number of hydrogen-bond donors (Lipinski definition) is 1. The highest BCUT2D eigenvalue weighted by molar-refractivity contribution is 6.04. The maximum atomic E-state index is 12.6. The van der Waals surface area contributed by atoms with E-state index in [0.29, 0.717) is 5.69 Å². The fraction of sp³-hybridized carbons (Fsp3) is 0.467. The number of hydrogen-bond acceptors (Lipinski definition) is 3. The Hall–Kier alpha value is -1.88. The lowest BCUT2D eigenvalue weighted by Crippen LogP contribution is -2.37. The minimum absolute atomic E-state index is 0.00569. The molecule has 108 valence electrons. The van der Waals surface area contributed by atoms with Crippen LogP contribution in [0.2, 0.25) is 0 Å². The maximum absolute atomic E-state index is 12.6. The molecule has 0 aliphatic rings. The summed E-state index contributed by atoms with van der Waals surface area (Å²) in [5.41, 5.74) is 1.42. The van der Waals surface area contributed by atoms with Crippen LogP contribution in [0.1, 0.15) is 23.8 Å². The first-order valence-electron chi connectivity index (χ1n) is 7.00. The van der Waals surface area contributed by atoms with Crippen LogP contribution in [-0.4, -0.2) is 59.6 Å². The predicted molar refractivity (Wildman–Crippen MR) is 80.8 cm³/mol. The topological polar surface area (TPSA) is 52.2 Å². The summed E-state index contributed by atoms with van der Waals surface area (Å²) < 4.78 is 0. The third-order valence-corrected chi connectivity index (χ3v) is 3.27.